The fourth-order valence-electron chi connectivity index (χ4n) is 3.98. The van der Waals surface area contributed by atoms with Gasteiger partial charge in [0.25, 0.3) is 0 Å². The van der Waals surface area contributed by atoms with Crippen LogP contribution in [0, 0.1) is 0 Å². The van der Waals surface area contributed by atoms with Crippen LogP contribution in [-0.4, -0.2) is 33.5 Å². The Morgan fingerprint density at radius 2 is 1.86 bits per heavy atom. The van der Waals surface area contributed by atoms with Crippen molar-refractivity contribution in [2.45, 2.75) is 19.5 Å². The van der Waals surface area contributed by atoms with Crippen molar-refractivity contribution in [1.82, 2.24) is 19.9 Å². The molecule has 0 saturated heterocycles. The molecule has 144 valence electrons. The highest BCUT2D eigenvalue weighted by Gasteiger charge is 2.22. The van der Waals surface area contributed by atoms with Gasteiger partial charge in [-0.1, -0.05) is 42.5 Å². The van der Waals surface area contributed by atoms with Gasteiger partial charge in [0.15, 0.2) is 0 Å². The lowest BCUT2D eigenvalue weighted by Gasteiger charge is -2.14. The molecule has 0 amide bonds. The topological polar surface area (TPSA) is 51.1 Å². The van der Waals surface area contributed by atoms with Gasteiger partial charge in [0.2, 0.25) is 5.88 Å². The average Bonchev–Trinajstić information content (AvgIpc) is 3.21. The molecular weight excluding hydrogens is 360 g/mol. The first kappa shape index (κ1) is 17.8. The number of ether oxygens (including phenoxy) is 1. The lowest BCUT2D eigenvalue weighted by molar-refractivity contribution is 0.287. The summed E-state index contributed by atoms with van der Waals surface area (Å²) in [5.74, 6) is 0.539. The van der Waals surface area contributed by atoms with Crippen molar-refractivity contribution in [2.75, 3.05) is 13.7 Å². The molecule has 4 aromatic rings. The molecule has 29 heavy (non-hydrogen) atoms. The molecule has 5 heteroatoms. The van der Waals surface area contributed by atoms with E-state index in [2.05, 4.69) is 63.4 Å². The molecule has 0 bridgehead atoms. The summed E-state index contributed by atoms with van der Waals surface area (Å²) in [5.41, 5.74) is 6.90. The molecule has 3 heterocycles. The van der Waals surface area contributed by atoms with Crippen LogP contribution < -0.4 is 4.74 Å². The normalized spacial score (nSPS) is 13.6. The van der Waals surface area contributed by atoms with Gasteiger partial charge in [0, 0.05) is 42.7 Å². The Balaban J connectivity index is 1.33. The summed E-state index contributed by atoms with van der Waals surface area (Å²) in [6, 6.07) is 19.0. The molecule has 0 radical (unpaired) electrons. The van der Waals surface area contributed by atoms with Gasteiger partial charge < -0.3 is 4.74 Å². The summed E-state index contributed by atoms with van der Waals surface area (Å²) < 4.78 is 5.24. The van der Waals surface area contributed by atoms with Gasteiger partial charge >= 0.3 is 0 Å². The van der Waals surface area contributed by atoms with Crippen molar-refractivity contribution in [1.29, 1.82) is 0 Å². The molecule has 0 atom stereocenters. The van der Waals surface area contributed by atoms with Gasteiger partial charge in [-0.05, 0) is 23.3 Å². The largest absolute Gasteiger partial charge is 0.480 e. The van der Waals surface area contributed by atoms with E-state index in [4.69, 9.17) is 9.72 Å². The van der Waals surface area contributed by atoms with Crippen molar-refractivity contribution in [3.63, 3.8) is 0 Å². The Bertz CT molecular complexity index is 1170. The summed E-state index contributed by atoms with van der Waals surface area (Å²) in [6.45, 7) is 2.84. The maximum Gasteiger partial charge on any atom is 0.232 e. The van der Waals surface area contributed by atoms with Crippen LogP contribution >= 0.6 is 0 Å². The molecule has 1 aliphatic rings. The highest BCUT2D eigenvalue weighted by molar-refractivity contribution is 5.78. The molecule has 1 aliphatic heterocycles. The second-order valence-corrected chi connectivity index (χ2v) is 7.35. The van der Waals surface area contributed by atoms with Crippen molar-refractivity contribution in [2.24, 2.45) is 0 Å². The summed E-state index contributed by atoms with van der Waals surface area (Å²) in [7, 11) is 1.62. The molecule has 0 saturated carbocycles. The first-order valence-electron chi connectivity index (χ1n) is 9.84. The second kappa shape index (κ2) is 7.60. The van der Waals surface area contributed by atoms with Crippen LogP contribution in [0.15, 0.2) is 67.0 Å². The van der Waals surface area contributed by atoms with Crippen LogP contribution in [0.1, 0.15) is 16.8 Å². The molecule has 5 nitrogen and oxygen atoms in total. The number of hydrogen-bond donors (Lipinski definition) is 0. The third-order valence-electron chi connectivity index (χ3n) is 5.49. The van der Waals surface area contributed by atoms with Crippen molar-refractivity contribution < 1.29 is 4.74 Å². The predicted octanol–water partition coefficient (Wildman–Crippen LogP) is 4.26. The maximum atomic E-state index is 5.24. The number of rotatable bonds is 5. The smallest absolute Gasteiger partial charge is 0.232 e. The molecule has 0 fully saturated rings. The standard InChI is InChI=1S/C24H22N4O/c1-29-24-14-25-13-23(27-24)20-7-4-6-18-15-28(16-21(18)20)12-11-19-10-9-17-5-2-3-8-22(17)26-19/h2-10,13-14H,11-12,15-16H2,1H3. The summed E-state index contributed by atoms with van der Waals surface area (Å²) in [4.78, 5) is 16.1. The van der Waals surface area contributed by atoms with Crippen molar-refractivity contribution >= 4 is 10.9 Å². The zero-order valence-electron chi connectivity index (χ0n) is 16.4. The lowest BCUT2D eigenvalue weighted by Crippen LogP contribution is -2.19. The van der Waals surface area contributed by atoms with Crippen LogP contribution in [0.25, 0.3) is 22.2 Å². The summed E-state index contributed by atoms with van der Waals surface area (Å²) in [6.07, 6.45) is 4.38. The van der Waals surface area contributed by atoms with E-state index in [0.29, 0.717) is 5.88 Å². The van der Waals surface area contributed by atoms with E-state index < -0.39 is 0 Å². The minimum atomic E-state index is 0.539. The van der Waals surface area contributed by atoms with Crippen LogP contribution in [0.3, 0.4) is 0 Å². The molecule has 0 spiro atoms. The number of para-hydroxylation sites is 1. The highest BCUT2D eigenvalue weighted by Crippen LogP contribution is 2.32. The fourth-order valence-corrected chi connectivity index (χ4v) is 3.98. The number of aromatic nitrogens is 3. The quantitative estimate of drug-likeness (QED) is 0.516. The highest BCUT2D eigenvalue weighted by atomic mass is 16.5. The van der Waals surface area contributed by atoms with E-state index in [1.165, 1.54) is 16.5 Å². The van der Waals surface area contributed by atoms with Gasteiger partial charge in [-0.15, -0.1) is 0 Å². The summed E-state index contributed by atoms with van der Waals surface area (Å²) in [5, 5.41) is 1.19. The van der Waals surface area contributed by atoms with E-state index in [-0.39, 0.29) is 0 Å². The molecule has 0 N–H and O–H groups in total. The Labute approximate surface area is 170 Å². The Hall–Kier alpha value is -3.31. The maximum absolute atomic E-state index is 5.24. The molecule has 2 aromatic carbocycles. The lowest BCUT2D eigenvalue weighted by atomic mass is 10.0. The van der Waals surface area contributed by atoms with Gasteiger partial charge in [0.1, 0.15) is 0 Å². The van der Waals surface area contributed by atoms with Gasteiger partial charge in [-0.25, -0.2) is 4.98 Å². The number of pyridine rings is 1. The SMILES string of the molecule is COc1cncc(-c2cccc3c2CN(CCc2ccc4ccccc4n2)C3)n1. The molecule has 0 unspecified atom stereocenters. The van der Waals surface area contributed by atoms with Crippen LogP contribution in [0.4, 0.5) is 0 Å². The number of hydrogen-bond acceptors (Lipinski definition) is 5. The van der Waals surface area contributed by atoms with E-state index in [9.17, 15) is 0 Å². The Morgan fingerprint density at radius 3 is 2.79 bits per heavy atom. The van der Waals surface area contributed by atoms with Crippen LogP contribution in [0.5, 0.6) is 5.88 Å². The van der Waals surface area contributed by atoms with E-state index in [1.807, 2.05) is 6.07 Å². The Morgan fingerprint density at radius 1 is 0.931 bits per heavy atom. The third-order valence-corrected chi connectivity index (χ3v) is 5.49. The minimum Gasteiger partial charge on any atom is -0.480 e. The van der Waals surface area contributed by atoms with Crippen molar-refractivity contribution in [3.05, 3.63) is 83.8 Å². The molecule has 0 aliphatic carbocycles. The van der Waals surface area contributed by atoms with Gasteiger partial charge in [0.05, 0.1) is 30.7 Å². The van der Waals surface area contributed by atoms with E-state index in [0.717, 1.165) is 48.5 Å². The van der Waals surface area contributed by atoms with Gasteiger partial charge in [-0.2, -0.15) is 0 Å². The average molecular weight is 382 g/mol. The molecule has 2 aromatic heterocycles. The Kier molecular flexibility index (Phi) is 4.66. The summed E-state index contributed by atoms with van der Waals surface area (Å²) >= 11 is 0. The van der Waals surface area contributed by atoms with Gasteiger partial charge in [-0.3, -0.25) is 14.9 Å². The molecule has 5 rings (SSSR count). The minimum absolute atomic E-state index is 0.539. The number of benzene rings is 2. The van der Waals surface area contributed by atoms with Crippen LogP contribution in [-0.2, 0) is 19.5 Å². The first-order valence-corrected chi connectivity index (χ1v) is 9.84. The molecular formula is C24H22N4O. The number of fused-ring (bicyclic) bond motifs is 2. The number of nitrogens with zero attached hydrogens (tertiary/aromatic N) is 4. The second-order valence-electron chi connectivity index (χ2n) is 7.35. The van der Waals surface area contributed by atoms with E-state index in [1.54, 1.807) is 19.5 Å². The monoisotopic (exact) mass is 382 g/mol. The number of methoxy groups -OCH3 is 1. The third kappa shape index (κ3) is 3.57. The first-order chi connectivity index (χ1) is 14.3. The predicted molar refractivity (Wildman–Crippen MR) is 114 cm³/mol. The van der Waals surface area contributed by atoms with E-state index >= 15 is 0 Å². The zero-order chi connectivity index (χ0) is 19.6. The fraction of sp³-hybridized carbons (Fsp3) is 0.208. The zero-order valence-corrected chi connectivity index (χ0v) is 16.4. The van der Waals surface area contributed by atoms with Crippen LogP contribution in [0.2, 0.25) is 0 Å². The van der Waals surface area contributed by atoms with Crippen molar-refractivity contribution in [3.8, 4) is 17.1 Å².